The highest BCUT2D eigenvalue weighted by atomic mass is 19.1. The largest absolute Gasteiger partial charge is 0.508 e. The summed E-state index contributed by atoms with van der Waals surface area (Å²) >= 11 is 0. The van der Waals surface area contributed by atoms with Crippen molar-refractivity contribution < 1.29 is 9.50 Å². The minimum absolute atomic E-state index is 0.0224. The van der Waals surface area contributed by atoms with Gasteiger partial charge in [0, 0.05) is 11.1 Å². The Morgan fingerprint density at radius 3 is 2.16 bits per heavy atom. The number of phenols is 1. The average Bonchev–Trinajstić information content (AvgIpc) is 2.89. The normalized spacial score (nSPS) is 22.6. The van der Waals surface area contributed by atoms with E-state index in [1.807, 2.05) is 18.2 Å². The standard InChI is InChI=1S/C15H15FN2O/c16-12-7-3-1-5-10(12)13-9-14(18-17-13)11-6-2-4-8-15(11)19/h1-8,13-14,17-19H,9H2. The van der Waals surface area contributed by atoms with Gasteiger partial charge in [-0.1, -0.05) is 36.4 Å². The van der Waals surface area contributed by atoms with Gasteiger partial charge in [0.25, 0.3) is 0 Å². The van der Waals surface area contributed by atoms with E-state index in [4.69, 9.17) is 0 Å². The number of halogens is 1. The quantitative estimate of drug-likeness (QED) is 0.776. The summed E-state index contributed by atoms with van der Waals surface area (Å²) in [5, 5.41) is 9.84. The molecule has 0 amide bonds. The van der Waals surface area contributed by atoms with Crippen LogP contribution in [-0.2, 0) is 0 Å². The number of benzene rings is 2. The van der Waals surface area contributed by atoms with Crippen LogP contribution in [0.1, 0.15) is 29.6 Å². The Morgan fingerprint density at radius 1 is 0.895 bits per heavy atom. The first-order chi connectivity index (χ1) is 9.25. The first-order valence-corrected chi connectivity index (χ1v) is 6.29. The molecule has 1 saturated heterocycles. The highest BCUT2D eigenvalue weighted by molar-refractivity contribution is 5.35. The molecule has 1 heterocycles. The molecule has 0 aliphatic carbocycles. The van der Waals surface area contributed by atoms with Crippen LogP contribution in [0.2, 0.25) is 0 Å². The van der Waals surface area contributed by atoms with Crippen LogP contribution in [0.4, 0.5) is 4.39 Å². The lowest BCUT2D eigenvalue weighted by atomic mass is 9.97. The van der Waals surface area contributed by atoms with Gasteiger partial charge in [-0.25, -0.2) is 15.2 Å². The SMILES string of the molecule is Oc1ccccc1C1CC(c2ccccc2F)NN1. The van der Waals surface area contributed by atoms with E-state index in [0.29, 0.717) is 12.0 Å². The van der Waals surface area contributed by atoms with Crippen molar-refractivity contribution >= 4 is 0 Å². The molecule has 0 saturated carbocycles. The number of para-hydroxylation sites is 1. The lowest BCUT2D eigenvalue weighted by Gasteiger charge is -2.11. The first-order valence-electron chi connectivity index (χ1n) is 6.29. The van der Waals surface area contributed by atoms with Gasteiger partial charge in [-0.2, -0.15) is 0 Å². The van der Waals surface area contributed by atoms with E-state index in [-0.39, 0.29) is 23.7 Å². The minimum atomic E-state index is -0.209. The molecule has 2 atom stereocenters. The zero-order valence-corrected chi connectivity index (χ0v) is 10.3. The summed E-state index contributed by atoms with van der Waals surface area (Å²) in [5.41, 5.74) is 7.68. The van der Waals surface area contributed by atoms with E-state index >= 15 is 0 Å². The monoisotopic (exact) mass is 258 g/mol. The first kappa shape index (κ1) is 12.1. The van der Waals surface area contributed by atoms with E-state index < -0.39 is 0 Å². The van der Waals surface area contributed by atoms with Crippen LogP contribution in [0.5, 0.6) is 5.75 Å². The Balaban J connectivity index is 1.82. The summed E-state index contributed by atoms with van der Waals surface area (Å²) in [6, 6.07) is 13.8. The van der Waals surface area contributed by atoms with Gasteiger partial charge in [0.05, 0.1) is 12.1 Å². The van der Waals surface area contributed by atoms with E-state index in [2.05, 4.69) is 10.9 Å². The Labute approximate surface area is 111 Å². The lowest BCUT2D eigenvalue weighted by Crippen LogP contribution is -2.27. The van der Waals surface area contributed by atoms with Gasteiger partial charge in [-0.05, 0) is 18.6 Å². The second-order valence-electron chi connectivity index (χ2n) is 4.71. The zero-order chi connectivity index (χ0) is 13.2. The van der Waals surface area contributed by atoms with Gasteiger partial charge >= 0.3 is 0 Å². The van der Waals surface area contributed by atoms with Crippen molar-refractivity contribution in [3.05, 3.63) is 65.5 Å². The van der Waals surface area contributed by atoms with E-state index in [1.165, 1.54) is 6.07 Å². The van der Waals surface area contributed by atoms with Gasteiger partial charge in [0.2, 0.25) is 0 Å². The maximum absolute atomic E-state index is 13.7. The van der Waals surface area contributed by atoms with Gasteiger partial charge in [0.1, 0.15) is 11.6 Å². The lowest BCUT2D eigenvalue weighted by molar-refractivity contribution is 0.453. The number of aromatic hydroxyl groups is 1. The highest BCUT2D eigenvalue weighted by Crippen LogP contribution is 2.35. The Hall–Kier alpha value is -1.91. The van der Waals surface area contributed by atoms with Crippen molar-refractivity contribution in [1.29, 1.82) is 0 Å². The number of hydrogen-bond donors (Lipinski definition) is 3. The molecule has 19 heavy (non-hydrogen) atoms. The highest BCUT2D eigenvalue weighted by Gasteiger charge is 2.28. The summed E-state index contributed by atoms with van der Waals surface area (Å²) in [4.78, 5) is 0. The summed E-state index contributed by atoms with van der Waals surface area (Å²) in [5.74, 6) is 0.0516. The molecule has 3 N–H and O–H groups in total. The smallest absolute Gasteiger partial charge is 0.128 e. The molecule has 2 aromatic rings. The Kier molecular flexibility index (Phi) is 3.19. The van der Waals surface area contributed by atoms with Crippen molar-refractivity contribution in [2.45, 2.75) is 18.5 Å². The van der Waals surface area contributed by atoms with Crippen LogP contribution in [0.3, 0.4) is 0 Å². The number of phenolic OH excluding ortho intramolecular Hbond substituents is 1. The summed E-state index contributed by atoms with van der Waals surface area (Å²) < 4.78 is 13.7. The number of nitrogens with one attached hydrogen (secondary N) is 2. The van der Waals surface area contributed by atoms with E-state index in [9.17, 15) is 9.50 Å². The number of hydrazine groups is 1. The number of hydrogen-bond acceptors (Lipinski definition) is 3. The maximum atomic E-state index is 13.7. The summed E-state index contributed by atoms with van der Waals surface area (Å²) in [6.45, 7) is 0. The maximum Gasteiger partial charge on any atom is 0.128 e. The van der Waals surface area contributed by atoms with Crippen LogP contribution >= 0.6 is 0 Å². The fourth-order valence-electron chi connectivity index (χ4n) is 2.50. The molecule has 98 valence electrons. The minimum Gasteiger partial charge on any atom is -0.508 e. The fourth-order valence-corrected chi connectivity index (χ4v) is 2.50. The average molecular weight is 258 g/mol. The van der Waals surface area contributed by atoms with Gasteiger partial charge < -0.3 is 5.11 Å². The molecule has 0 radical (unpaired) electrons. The third-order valence-electron chi connectivity index (χ3n) is 3.50. The summed E-state index contributed by atoms with van der Waals surface area (Å²) in [6.07, 6.45) is 0.693. The van der Waals surface area contributed by atoms with E-state index in [0.717, 1.165) is 5.56 Å². The second-order valence-corrected chi connectivity index (χ2v) is 4.71. The van der Waals surface area contributed by atoms with Gasteiger partial charge in [-0.3, -0.25) is 0 Å². The third kappa shape index (κ3) is 2.32. The van der Waals surface area contributed by atoms with Crippen molar-refractivity contribution in [3.63, 3.8) is 0 Å². The van der Waals surface area contributed by atoms with Gasteiger partial charge in [-0.15, -0.1) is 0 Å². The molecule has 3 nitrogen and oxygen atoms in total. The van der Waals surface area contributed by atoms with E-state index in [1.54, 1.807) is 24.3 Å². The molecular formula is C15H15FN2O. The molecule has 2 aromatic carbocycles. The van der Waals surface area contributed by atoms with Crippen LogP contribution < -0.4 is 10.9 Å². The van der Waals surface area contributed by atoms with Crippen molar-refractivity contribution in [2.75, 3.05) is 0 Å². The second kappa shape index (κ2) is 4.99. The van der Waals surface area contributed by atoms with Gasteiger partial charge in [0.15, 0.2) is 0 Å². The molecule has 4 heteroatoms. The Bertz CT molecular complexity index is 536. The number of rotatable bonds is 2. The zero-order valence-electron chi connectivity index (χ0n) is 10.3. The molecular weight excluding hydrogens is 243 g/mol. The molecule has 0 aromatic heterocycles. The predicted octanol–water partition coefficient (Wildman–Crippen LogP) is 2.81. The fraction of sp³-hybridized carbons (Fsp3) is 0.200. The molecule has 0 bridgehead atoms. The molecule has 1 fully saturated rings. The van der Waals surface area contributed by atoms with Crippen LogP contribution in [0.15, 0.2) is 48.5 Å². The van der Waals surface area contributed by atoms with Crippen molar-refractivity contribution in [2.24, 2.45) is 0 Å². The van der Waals surface area contributed by atoms with Crippen molar-refractivity contribution in [3.8, 4) is 5.75 Å². The molecule has 0 spiro atoms. The molecule has 1 aliphatic heterocycles. The Morgan fingerprint density at radius 2 is 1.47 bits per heavy atom. The molecule has 3 rings (SSSR count). The predicted molar refractivity (Wildman–Crippen MR) is 70.9 cm³/mol. The summed E-state index contributed by atoms with van der Waals surface area (Å²) in [7, 11) is 0. The van der Waals surface area contributed by atoms with Crippen LogP contribution in [0, 0.1) is 5.82 Å². The topological polar surface area (TPSA) is 44.3 Å². The third-order valence-corrected chi connectivity index (χ3v) is 3.50. The van der Waals surface area contributed by atoms with Crippen LogP contribution in [0.25, 0.3) is 0 Å². The van der Waals surface area contributed by atoms with Crippen molar-refractivity contribution in [1.82, 2.24) is 10.9 Å². The molecule has 2 unspecified atom stereocenters. The molecule has 1 aliphatic rings. The van der Waals surface area contributed by atoms with Crippen LogP contribution in [-0.4, -0.2) is 5.11 Å².